The maximum absolute atomic E-state index is 10.7. The molecular formula is C15H22N2O2. The maximum atomic E-state index is 10.7. The zero-order chi connectivity index (χ0) is 13.6. The molecule has 2 aliphatic carbocycles. The first-order valence-electron chi connectivity index (χ1n) is 7.44. The average Bonchev–Trinajstić information content (AvgIpc) is 2.43. The molecule has 19 heavy (non-hydrogen) atoms. The van der Waals surface area contributed by atoms with Crippen molar-refractivity contribution in [3.05, 3.63) is 0 Å². The SMILES string of the molecule is O=C=NC1CCC(CC2(N=C=O)CCCCC2)CC1. The van der Waals surface area contributed by atoms with Crippen LogP contribution in [0.1, 0.15) is 64.2 Å². The molecule has 0 radical (unpaired) electrons. The van der Waals surface area contributed by atoms with Crippen molar-refractivity contribution >= 4 is 12.2 Å². The van der Waals surface area contributed by atoms with Gasteiger partial charge in [-0.15, -0.1) is 0 Å². The molecule has 2 rings (SSSR count). The molecule has 0 aromatic heterocycles. The van der Waals surface area contributed by atoms with Gasteiger partial charge in [-0.3, -0.25) is 0 Å². The van der Waals surface area contributed by atoms with Crippen LogP contribution in [0.15, 0.2) is 9.98 Å². The standard InChI is InChI=1S/C15H22N2O2/c18-11-16-14-6-4-13(5-7-14)10-15(17-12-19)8-2-1-3-9-15/h13-14H,1-10H2. The van der Waals surface area contributed by atoms with Gasteiger partial charge in [0.05, 0.1) is 11.6 Å². The second-order valence-electron chi connectivity index (χ2n) is 6.09. The Labute approximate surface area is 114 Å². The summed E-state index contributed by atoms with van der Waals surface area (Å²) in [6.07, 6.45) is 14.3. The van der Waals surface area contributed by atoms with Crippen molar-refractivity contribution in [1.29, 1.82) is 0 Å². The topological polar surface area (TPSA) is 58.9 Å². The van der Waals surface area contributed by atoms with E-state index < -0.39 is 0 Å². The second kappa shape index (κ2) is 6.79. The molecular weight excluding hydrogens is 240 g/mol. The van der Waals surface area contributed by atoms with Gasteiger partial charge in [-0.2, -0.15) is 4.99 Å². The van der Waals surface area contributed by atoms with Gasteiger partial charge in [0, 0.05) is 0 Å². The van der Waals surface area contributed by atoms with Gasteiger partial charge in [-0.1, -0.05) is 19.3 Å². The van der Waals surface area contributed by atoms with Crippen LogP contribution in [0.3, 0.4) is 0 Å². The second-order valence-corrected chi connectivity index (χ2v) is 6.09. The van der Waals surface area contributed by atoms with E-state index in [0.29, 0.717) is 5.92 Å². The minimum atomic E-state index is -0.134. The molecule has 0 aliphatic heterocycles. The van der Waals surface area contributed by atoms with Crippen molar-refractivity contribution in [2.45, 2.75) is 75.8 Å². The first kappa shape index (κ1) is 14.2. The molecule has 0 spiro atoms. The van der Waals surface area contributed by atoms with Crippen LogP contribution in [0.25, 0.3) is 0 Å². The lowest BCUT2D eigenvalue weighted by atomic mass is 9.72. The highest BCUT2D eigenvalue weighted by molar-refractivity contribution is 5.35. The predicted octanol–water partition coefficient (Wildman–Crippen LogP) is 3.31. The van der Waals surface area contributed by atoms with Gasteiger partial charge in [-0.25, -0.2) is 14.6 Å². The summed E-state index contributed by atoms with van der Waals surface area (Å²) in [6, 6.07) is 0.172. The summed E-state index contributed by atoms with van der Waals surface area (Å²) in [5.74, 6) is 0.619. The molecule has 2 saturated carbocycles. The maximum Gasteiger partial charge on any atom is 0.235 e. The van der Waals surface area contributed by atoms with Crippen molar-refractivity contribution in [2.24, 2.45) is 15.9 Å². The van der Waals surface area contributed by atoms with Crippen molar-refractivity contribution in [2.75, 3.05) is 0 Å². The van der Waals surface area contributed by atoms with Crippen molar-refractivity contribution in [1.82, 2.24) is 0 Å². The number of hydrogen-bond acceptors (Lipinski definition) is 4. The van der Waals surface area contributed by atoms with E-state index in [4.69, 9.17) is 0 Å². The summed E-state index contributed by atoms with van der Waals surface area (Å²) in [7, 11) is 0. The lowest BCUT2D eigenvalue weighted by Gasteiger charge is -2.37. The summed E-state index contributed by atoms with van der Waals surface area (Å²) >= 11 is 0. The highest BCUT2D eigenvalue weighted by Gasteiger charge is 2.35. The molecule has 0 bridgehead atoms. The lowest BCUT2D eigenvalue weighted by molar-refractivity contribution is 0.202. The van der Waals surface area contributed by atoms with E-state index in [1.165, 1.54) is 19.3 Å². The molecule has 0 aromatic rings. The van der Waals surface area contributed by atoms with Crippen LogP contribution < -0.4 is 0 Å². The van der Waals surface area contributed by atoms with Crippen molar-refractivity contribution in [3.8, 4) is 0 Å². The van der Waals surface area contributed by atoms with E-state index in [1.807, 2.05) is 0 Å². The third-order valence-corrected chi connectivity index (χ3v) is 4.79. The molecule has 0 N–H and O–H groups in total. The number of hydrogen-bond donors (Lipinski definition) is 0. The van der Waals surface area contributed by atoms with Crippen molar-refractivity contribution < 1.29 is 9.59 Å². The molecule has 104 valence electrons. The Morgan fingerprint density at radius 2 is 1.63 bits per heavy atom. The quantitative estimate of drug-likeness (QED) is 0.576. The van der Waals surface area contributed by atoms with Crippen LogP contribution in [0.2, 0.25) is 0 Å². The molecule has 0 aromatic carbocycles. The summed E-state index contributed by atoms with van der Waals surface area (Å²) < 4.78 is 0. The van der Waals surface area contributed by atoms with Crippen LogP contribution in [-0.4, -0.2) is 23.7 Å². The van der Waals surface area contributed by atoms with Crippen LogP contribution in [-0.2, 0) is 9.59 Å². The van der Waals surface area contributed by atoms with E-state index >= 15 is 0 Å². The highest BCUT2D eigenvalue weighted by atomic mass is 16.1. The number of aliphatic imine (C=N–C) groups is 2. The third kappa shape index (κ3) is 3.86. The van der Waals surface area contributed by atoms with E-state index in [9.17, 15) is 9.59 Å². The van der Waals surface area contributed by atoms with Gasteiger partial charge in [0.2, 0.25) is 12.2 Å². The van der Waals surface area contributed by atoms with Crippen LogP contribution in [0, 0.1) is 5.92 Å². The van der Waals surface area contributed by atoms with E-state index in [1.54, 1.807) is 12.2 Å². The average molecular weight is 262 g/mol. The minimum absolute atomic E-state index is 0.134. The largest absolute Gasteiger partial charge is 0.235 e. The van der Waals surface area contributed by atoms with E-state index in [0.717, 1.165) is 44.9 Å². The number of isocyanates is 2. The fraction of sp³-hybridized carbons (Fsp3) is 0.867. The normalized spacial score (nSPS) is 29.9. The fourth-order valence-electron chi connectivity index (χ4n) is 3.76. The Bertz CT molecular complexity index is 381. The highest BCUT2D eigenvalue weighted by Crippen LogP contribution is 2.40. The van der Waals surface area contributed by atoms with Gasteiger partial charge >= 0.3 is 0 Å². The van der Waals surface area contributed by atoms with Gasteiger partial charge < -0.3 is 0 Å². The Kier molecular flexibility index (Phi) is 5.07. The number of nitrogens with zero attached hydrogens (tertiary/aromatic N) is 2. The summed E-state index contributed by atoms with van der Waals surface area (Å²) in [4.78, 5) is 29.0. The zero-order valence-corrected chi connectivity index (χ0v) is 11.4. The molecule has 4 heteroatoms. The Balaban J connectivity index is 1.92. The molecule has 4 nitrogen and oxygen atoms in total. The zero-order valence-electron chi connectivity index (χ0n) is 11.4. The van der Waals surface area contributed by atoms with Gasteiger partial charge in [0.25, 0.3) is 0 Å². The number of rotatable bonds is 4. The van der Waals surface area contributed by atoms with Crippen LogP contribution in [0.4, 0.5) is 0 Å². The molecule has 0 amide bonds. The van der Waals surface area contributed by atoms with Gasteiger partial charge in [0.1, 0.15) is 0 Å². The monoisotopic (exact) mass is 262 g/mol. The van der Waals surface area contributed by atoms with Crippen LogP contribution >= 0.6 is 0 Å². The minimum Gasteiger partial charge on any atom is -0.211 e. The fourth-order valence-corrected chi connectivity index (χ4v) is 3.76. The summed E-state index contributed by atoms with van der Waals surface area (Å²) in [6.45, 7) is 0. The molecule has 0 saturated heterocycles. The lowest BCUT2D eigenvalue weighted by Crippen LogP contribution is -2.33. The Morgan fingerprint density at radius 3 is 2.21 bits per heavy atom. The first-order valence-corrected chi connectivity index (χ1v) is 7.44. The first-order chi connectivity index (χ1) is 9.28. The van der Waals surface area contributed by atoms with Crippen LogP contribution in [0.5, 0.6) is 0 Å². The third-order valence-electron chi connectivity index (χ3n) is 4.79. The predicted molar refractivity (Wildman–Crippen MR) is 72.4 cm³/mol. The van der Waals surface area contributed by atoms with Crippen molar-refractivity contribution in [3.63, 3.8) is 0 Å². The van der Waals surface area contributed by atoms with E-state index in [-0.39, 0.29) is 11.6 Å². The molecule has 0 atom stereocenters. The Hall–Kier alpha value is -1.24. The van der Waals surface area contributed by atoms with E-state index in [2.05, 4.69) is 9.98 Å². The van der Waals surface area contributed by atoms with Gasteiger partial charge in [0.15, 0.2) is 0 Å². The molecule has 0 heterocycles. The smallest absolute Gasteiger partial charge is 0.211 e. The number of carbonyl (C=O) groups excluding carboxylic acids is 2. The summed E-state index contributed by atoms with van der Waals surface area (Å²) in [5.41, 5.74) is -0.134. The molecule has 2 fully saturated rings. The summed E-state index contributed by atoms with van der Waals surface area (Å²) in [5, 5.41) is 0. The Morgan fingerprint density at radius 1 is 0.947 bits per heavy atom. The molecule has 0 unspecified atom stereocenters. The van der Waals surface area contributed by atoms with Gasteiger partial charge in [-0.05, 0) is 50.9 Å². The molecule has 2 aliphatic rings.